The van der Waals surface area contributed by atoms with Crippen molar-refractivity contribution in [2.24, 2.45) is 11.8 Å². The van der Waals surface area contributed by atoms with E-state index in [-0.39, 0.29) is 0 Å². The van der Waals surface area contributed by atoms with Gasteiger partial charge in [0.2, 0.25) is 0 Å². The van der Waals surface area contributed by atoms with Crippen LogP contribution >= 0.6 is 0 Å². The molecule has 0 aromatic carbocycles. The van der Waals surface area contributed by atoms with Gasteiger partial charge in [-0.15, -0.1) is 0 Å². The standard InChI is InChI=1S/C22H42O4/c1-19(15-11-7-3-5-9-13-17-21(23)24)20(2)16-12-8-4-6-10-14-18-22(25)26/h19-20H,3-18H2,1-2H3,(H,23,24)(H,25,26). The zero-order valence-electron chi connectivity index (χ0n) is 17.2. The van der Waals surface area contributed by atoms with Gasteiger partial charge in [-0.1, -0.05) is 90.9 Å². The predicted molar refractivity (Wildman–Crippen MR) is 107 cm³/mol. The molecule has 0 radical (unpaired) electrons. The number of hydrogen-bond donors (Lipinski definition) is 2. The number of aliphatic carboxylic acids is 2. The largest absolute Gasteiger partial charge is 0.481 e. The van der Waals surface area contributed by atoms with Crippen molar-refractivity contribution in [1.29, 1.82) is 0 Å². The molecule has 0 saturated carbocycles. The number of unbranched alkanes of at least 4 members (excludes halogenated alkanes) is 10. The van der Waals surface area contributed by atoms with Gasteiger partial charge in [0.1, 0.15) is 0 Å². The first-order valence-corrected chi connectivity index (χ1v) is 10.9. The molecule has 0 spiro atoms. The lowest BCUT2D eigenvalue weighted by molar-refractivity contribution is -0.138. The van der Waals surface area contributed by atoms with E-state index in [0.717, 1.165) is 37.5 Å². The number of hydrogen-bond acceptors (Lipinski definition) is 2. The molecule has 0 aromatic heterocycles. The summed E-state index contributed by atoms with van der Waals surface area (Å²) in [6.07, 6.45) is 17.0. The van der Waals surface area contributed by atoms with Gasteiger partial charge in [-0.2, -0.15) is 0 Å². The SMILES string of the molecule is CC(CCCCCCCCC(=O)O)C(C)CCCCCCCCC(=O)O. The van der Waals surface area contributed by atoms with Crippen molar-refractivity contribution in [3.05, 3.63) is 0 Å². The summed E-state index contributed by atoms with van der Waals surface area (Å²) in [4.78, 5) is 20.9. The fourth-order valence-electron chi connectivity index (χ4n) is 3.47. The second kappa shape index (κ2) is 17.4. The molecule has 0 aliphatic heterocycles. The van der Waals surface area contributed by atoms with Crippen LogP contribution in [0.5, 0.6) is 0 Å². The van der Waals surface area contributed by atoms with Gasteiger partial charge in [-0.3, -0.25) is 9.59 Å². The van der Waals surface area contributed by atoms with Crippen LogP contribution in [0.2, 0.25) is 0 Å². The molecule has 154 valence electrons. The molecule has 0 aliphatic rings. The van der Waals surface area contributed by atoms with Gasteiger partial charge >= 0.3 is 11.9 Å². The van der Waals surface area contributed by atoms with Gasteiger partial charge in [0, 0.05) is 12.8 Å². The molecule has 2 atom stereocenters. The normalized spacial score (nSPS) is 13.5. The van der Waals surface area contributed by atoms with Gasteiger partial charge in [0.05, 0.1) is 0 Å². The molecule has 26 heavy (non-hydrogen) atoms. The van der Waals surface area contributed by atoms with Gasteiger partial charge in [-0.05, 0) is 24.7 Å². The van der Waals surface area contributed by atoms with Crippen LogP contribution in [0.3, 0.4) is 0 Å². The number of rotatable bonds is 19. The monoisotopic (exact) mass is 370 g/mol. The Labute approximate surface area is 160 Å². The van der Waals surface area contributed by atoms with E-state index in [4.69, 9.17) is 10.2 Å². The molecular weight excluding hydrogens is 328 g/mol. The van der Waals surface area contributed by atoms with Crippen LogP contribution < -0.4 is 0 Å². The van der Waals surface area contributed by atoms with Crippen molar-refractivity contribution in [3.8, 4) is 0 Å². The Kier molecular flexibility index (Phi) is 16.7. The Morgan fingerprint density at radius 1 is 0.538 bits per heavy atom. The Balaban J connectivity index is 3.39. The van der Waals surface area contributed by atoms with Crippen molar-refractivity contribution in [2.75, 3.05) is 0 Å². The molecule has 4 heteroatoms. The third-order valence-corrected chi connectivity index (χ3v) is 5.57. The van der Waals surface area contributed by atoms with Crippen molar-refractivity contribution >= 4 is 11.9 Å². The third-order valence-electron chi connectivity index (χ3n) is 5.57. The summed E-state index contributed by atoms with van der Waals surface area (Å²) in [5.41, 5.74) is 0. The van der Waals surface area contributed by atoms with E-state index in [1.165, 1.54) is 64.2 Å². The fourth-order valence-corrected chi connectivity index (χ4v) is 3.47. The molecule has 2 N–H and O–H groups in total. The minimum atomic E-state index is -0.675. The fraction of sp³-hybridized carbons (Fsp3) is 0.909. The highest BCUT2D eigenvalue weighted by Crippen LogP contribution is 2.24. The Morgan fingerprint density at radius 3 is 1.12 bits per heavy atom. The molecular formula is C22H42O4. The molecule has 4 nitrogen and oxygen atoms in total. The summed E-state index contributed by atoms with van der Waals surface area (Å²) in [7, 11) is 0. The summed E-state index contributed by atoms with van der Waals surface area (Å²) >= 11 is 0. The van der Waals surface area contributed by atoms with E-state index in [2.05, 4.69) is 13.8 Å². The first-order valence-electron chi connectivity index (χ1n) is 10.9. The number of carboxylic acid groups (broad SMARTS) is 2. The molecule has 0 fully saturated rings. The summed E-state index contributed by atoms with van der Waals surface area (Å²) in [5.74, 6) is 0.229. The zero-order chi connectivity index (χ0) is 19.6. The van der Waals surface area contributed by atoms with Crippen LogP contribution in [-0.4, -0.2) is 22.2 Å². The Hall–Kier alpha value is -1.06. The summed E-state index contributed by atoms with van der Waals surface area (Å²) in [5, 5.41) is 17.2. The van der Waals surface area contributed by atoms with Crippen molar-refractivity contribution in [1.82, 2.24) is 0 Å². The molecule has 0 bridgehead atoms. The average Bonchev–Trinajstić information content (AvgIpc) is 2.58. The van der Waals surface area contributed by atoms with Gasteiger partial charge in [0.15, 0.2) is 0 Å². The van der Waals surface area contributed by atoms with E-state index < -0.39 is 11.9 Å². The molecule has 0 heterocycles. The summed E-state index contributed by atoms with van der Waals surface area (Å²) in [6, 6.07) is 0. The van der Waals surface area contributed by atoms with Crippen molar-refractivity contribution in [3.63, 3.8) is 0 Å². The molecule has 0 aromatic rings. The lowest BCUT2D eigenvalue weighted by Crippen LogP contribution is -2.08. The highest BCUT2D eigenvalue weighted by atomic mass is 16.4. The zero-order valence-corrected chi connectivity index (χ0v) is 17.2. The van der Waals surface area contributed by atoms with E-state index in [1.54, 1.807) is 0 Å². The van der Waals surface area contributed by atoms with Crippen LogP contribution in [0.25, 0.3) is 0 Å². The highest BCUT2D eigenvalue weighted by Gasteiger charge is 2.11. The Morgan fingerprint density at radius 2 is 0.808 bits per heavy atom. The van der Waals surface area contributed by atoms with Gasteiger partial charge in [0.25, 0.3) is 0 Å². The minimum Gasteiger partial charge on any atom is -0.481 e. The first-order chi connectivity index (χ1) is 12.4. The Bertz CT molecular complexity index is 320. The van der Waals surface area contributed by atoms with Gasteiger partial charge < -0.3 is 10.2 Å². The lowest BCUT2D eigenvalue weighted by atomic mass is 9.86. The second-order valence-corrected chi connectivity index (χ2v) is 8.06. The second-order valence-electron chi connectivity index (χ2n) is 8.06. The van der Waals surface area contributed by atoms with Crippen LogP contribution in [0.15, 0.2) is 0 Å². The smallest absolute Gasteiger partial charge is 0.303 e. The lowest BCUT2D eigenvalue weighted by Gasteiger charge is -2.19. The molecule has 0 saturated heterocycles. The van der Waals surface area contributed by atoms with Crippen LogP contribution in [-0.2, 0) is 9.59 Å². The number of carbonyl (C=O) groups is 2. The summed E-state index contributed by atoms with van der Waals surface area (Å²) < 4.78 is 0. The van der Waals surface area contributed by atoms with Gasteiger partial charge in [-0.25, -0.2) is 0 Å². The maximum atomic E-state index is 10.4. The topological polar surface area (TPSA) is 74.6 Å². The first kappa shape index (κ1) is 24.9. The van der Waals surface area contributed by atoms with E-state index in [1.807, 2.05) is 0 Å². The van der Waals surface area contributed by atoms with E-state index in [0.29, 0.717) is 12.8 Å². The van der Waals surface area contributed by atoms with E-state index in [9.17, 15) is 9.59 Å². The maximum Gasteiger partial charge on any atom is 0.303 e. The highest BCUT2D eigenvalue weighted by molar-refractivity contribution is 5.66. The van der Waals surface area contributed by atoms with Crippen LogP contribution in [0.1, 0.15) is 117 Å². The van der Waals surface area contributed by atoms with E-state index >= 15 is 0 Å². The molecule has 0 amide bonds. The predicted octanol–water partition coefficient (Wildman–Crippen LogP) is 6.67. The molecule has 0 aliphatic carbocycles. The van der Waals surface area contributed by atoms with Crippen LogP contribution in [0, 0.1) is 11.8 Å². The summed E-state index contributed by atoms with van der Waals surface area (Å²) in [6.45, 7) is 4.76. The molecule has 0 rings (SSSR count). The number of carboxylic acids is 2. The quantitative estimate of drug-likeness (QED) is 0.249. The maximum absolute atomic E-state index is 10.4. The average molecular weight is 371 g/mol. The van der Waals surface area contributed by atoms with Crippen molar-refractivity contribution < 1.29 is 19.8 Å². The van der Waals surface area contributed by atoms with Crippen molar-refractivity contribution in [2.45, 2.75) is 117 Å². The van der Waals surface area contributed by atoms with Crippen LogP contribution in [0.4, 0.5) is 0 Å². The molecule has 2 unspecified atom stereocenters. The minimum absolute atomic E-state index is 0.316. The third kappa shape index (κ3) is 17.8.